The predicted octanol–water partition coefficient (Wildman–Crippen LogP) is 3.56. The van der Waals surface area contributed by atoms with Crippen molar-refractivity contribution in [3.05, 3.63) is 35.4 Å². The number of rotatable bonds is 5. The molecule has 0 aliphatic heterocycles. The quantitative estimate of drug-likeness (QED) is 0.860. The van der Waals surface area contributed by atoms with Gasteiger partial charge in [-0.1, -0.05) is 29.8 Å². The zero-order valence-corrected chi connectivity index (χ0v) is 15.9. The first kappa shape index (κ1) is 17.1. The van der Waals surface area contributed by atoms with Crippen LogP contribution in [0.4, 0.5) is 0 Å². The molecule has 4 fully saturated rings. The van der Waals surface area contributed by atoms with Gasteiger partial charge in [0, 0.05) is 12.6 Å². The Kier molecular flexibility index (Phi) is 4.18. The molecule has 4 saturated carbocycles. The number of benzene rings is 1. The minimum Gasteiger partial charge on any atom is -0.354 e. The van der Waals surface area contributed by atoms with Gasteiger partial charge in [-0.25, -0.2) is 0 Å². The van der Waals surface area contributed by atoms with Crippen LogP contribution in [0.2, 0.25) is 0 Å². The average Bonchev–Trinajstić information content (AvgIpc) is 2.58. The summed E-state index contributed by atoms with van der Waals surface area (Å²) in [5, 5.41) is 6.48. The van der Waals surface area contributed by atoms with Crippen molar-refractivity contribution in [2.24, 2.45) is 17.3 Å². The molecule has 0 spiro atoms. The molecule has 25 heavy (non-hydrogen) atoms. The SMILES string of the molecule is CNC(C)CNC(=O)C12CC3CC(C1)CC(c1ccc(C)cc1)(C3)C2. The van der Waals surface area contributed by atoms with Crippen molar-refractivity contribution in [1.29, 1.82) is 0 Å². The van der Waals surface area contributed by atoms with Crippen LogP contribution in [0.15, 0.2) is 24.3 Å². The number of hydrogen-bond donors (Lipinski definition) is 2. The Balaban J connectivity index is 1.60. The van der Waals surface area contributed by atoms with Gasteiger partial charge in [0.1, 0.15) is 0 Å². The van der Waals surface area contributed by atoms with Crippen molar-refractivity contribution in [1.82, 2.24) is 10.6 Å². The maximum atomic E-state index is 13.2. The van der Waals surface area contributed by atoms with Gasteiger partial charge >= 0.3 is 0 Å². The second-order valence-corrected chi connectivity index (χ2v) is 9.29. The number of carbonyl (C=O) groups excluding carboxylic acids is 1. The van der Waals surface area contributed by atoms with Crippen LogP contribution in [0.3, 0.4) is 0 Å². The number of nitrogens with one attached hydrogen (secondary N) is 2. The first-order chi connectivity index (χ1) is 11.9. The molecule has 3 unspecified atom stereocenters. The third-order valence-corrected chi connectivity index (χ3v) is 7.27. The van der Waals surface area contributed by atoms with Gasteiger partial charge in [-0.3, -0.25) is 4.79 Å². The van der Waals surface area contributed by atoms with Gasteiger partial charge < -0.3 is 10.6 Å². The lowest BCUT2D eigenvalue weighted by molar-refractivity contribution is -0.149. The Morgan fingerprint density at radius 3 is 2.40 bits per heavy atom. The molecule has 3 nitrogen and oxygen atoms in total. The van der Waals surface area contributed by atoms with E-state index >= 15 is 0 Å². The van der Waals surface area contributed by atoms with Crippen LogP contribution in [0.25, 0.3) is 0 Å². The largest absolute Gasteiger partial charge is 0.354 e. The maximum absolute atomic E-state index is 13.2. The molecule has 3 atom stereocenters. The van der Waals surface area contributed by atoms with E-state index in [1.807, 2.05) is 7.05 Å². The number of hydrogen-bond acceptors (Lipinski definition) is 2. The van der Waals surface area contributed by atoms with Crippen LogP contribution in [0.5, 0.6) is 0 Å². The highest BCUT2D eigenvalue weighted by atomic mass is 16.2. The van der Waals surface area contributed by atoms with Crippen LogP contribution in [0.1, 0.15) is 56.6 Å². The standard InChI is InChI=1S/C22H32N2O/c1-15-4-6-19(7-5-15)21-9-17-8-18(10-21)12-22(11-17,14-21)20(25)24-13-16(2)23-3/h4-7,16-18,23H,8-14H2,1-3H3,(H,24,25). The third kappa shape index (κ3) is 2.91. The van der Waals surface area contributed by atoms with Gasteiger partial charge in [-0.2, -0.15) is 0 Å². The lowest BCUT2D eigenvalue weighted by Crippen LogP contribution is -2.59. The molecule has 0 saturated heterocycles. The normalized spacial score (nSPS) is 37.1. The highest BCUT2D eigenvalue weighted by Gasteiger charge is 2.60. The second kappa shape index (κ2) is 6.12. The molecule has 5 rings (SSSR count). The first-order valence-corrected chi connectivity index (χ1v) is 9.97. The molecule has 0 heterocycles. The number of amides is 1. The molecule has 0 radical (unpaired) electrons. The topological polar surface area (TPSA) is 41.1 Å². The Hall–Kier alpha value is -1.35. The summed E-state index contributed by atoms with van der Waals surface area (Å²) in [7, 11) is 1.95. The van der Waals surface area contributed by atoms with E-state index in [4.69, 9.17) is 0 Å². The molecule has 2 N–H and O–H groups in total. The van der Waals surface area contributed by atoms with Crippen LogP contribution < -0.4 is 10.6 Å². The number of carbonyl (C=O) groups is 1. The molecule has 1 aromatic rings. The van der Waals surface area contributed by atoms with E-state index in [9.17, 15) is 4.79 Å². The van der Waals surface area contributed by atoms with Crippen LogP contribution >= 0.6 is 0 Å². The fraction of sp³-hybridized carbons (Fsp3) is 0.682. The lowest BCUT2D eigenvalue weighted by atomic mass is 9.42. The zero-order valence-electron chi connectivity index (χ0n) is 15.9. The summed E-state index contributed by atoms with van der Waals surface area (Å²) in [6, 6.07) is 9.47. The smallest absolute Gasteiger partial charge is 0.226 e. The molecule has 1 aromatic carbocycles. The summed E-state index contributed by atoms with van der Waals surface area (Å²) in [6.45, 7) is 5.00. The summed E-state index contributed by atoms with van der Waals surface area (Å²) < 4.78 is 0. The van der Waals surface area contributed by atoms with Gasteiger partial charge in [0.15, 0.2) is 0 Å². The molecule has 4 aliphatic carbocycles. The zero-order chi connectivity index (χ0) is 17.7. The Labute approximate surface area is 152 Å². The van der Waals surface area contributed by atoms with Crippen LogP contribution in [-0.4, -0.2) is 25.5 Å². The van der Waals surface area contributed by atoms with Crippen molar-refractivity contribution in [2.45, 2.75) is 63.8 Å². The third-order valence-electron chi connectivity index (χ3n) is 7.27. The van der Waals surface area contributed by atoms with E-state index in [1.165, 1.54) is 30.4 Å². The van der Waals surface area contributed by atoms with Crippen LogP contribution in [0, 0.1) is 24.2 Å². The van der Waals surface area contributed by atoms with E-state index in [0.29, 0.717) is 11.9 Å². The molecular weight excluding hydrogens is 308 g/mol. The van der Waals surface area contributed by atoms with E-state index in [0.717, 1.165) is 37.6 Å². The molecule has 3 heteroatoms. The predicted molar refractivity (Wildman–Crippen MR) is 102 cm³/mol. The van der Waals surface area contributed by atoms with E-state index in [1.54, 1.807) is 0 Å². The second-order valence-electron chi connectivity index (χ2n) is 9.29. The van der Waals surface area contributed by atoms with Crippen molar-refractivity contribution in [2.75, 3.05) is 13.6 Å². The summed E-state index contributed by atoms with van der Waals surface area (Å²) in [5.41, 5.74) is 2.92. The fourth-order valence-corrected chi connectivity index (χ4v) is 6.31. The van der Waals surface area contributed by atoms with Gasteiger partial charge in [0.25, 0.3) is 0 Å². The number of likely N-dealkylation sites (N-methyl/N-ethyl adjacent to an activating group) is 1. The minimum atomic E-state index is -0.123. The van der Waals surface area contributed by atoms with E-state index < -0.39 is 0 Å². The first-order valence-electron chi connectivity index (χ1n) is 9.97. The molecule has 4 bridgehead atoms. The molecule has 4 aliphatic rings. The average molecular weight is 341 g/mol. The summed E-state index contributed by atoms with van der Waals surface area (Å²) in [4.78, 5) is 13.2. The number of aryl methyl sites for hydroxylation is 1. The molecule has 136 valence electrons. The van der Waals surface area contributed by atoms with Crippen molar-refractivity contribution in [3.63, 3.8) is 0 Å². The molecule has 0 aromatic heterocycles. The summed E-state index contributed by atoms with van der Waals surface area (Å²) in [5.74, 6) is 1.78. The summed E-state index contributed by atoms with van der Waals surface area (Å²) in [6.07, 6.45) is 7.18. The Bertz CT molecular complexity index is 636. The van der Waals surface area contributed by atoms with Gasteiger partial charge in [0.05, 0.1) is 5.41 Å². The minimum absolute atomic E-state index is 0.123. The Morgan fingerprint density at radius 2 is 1.80 bits per heavy atom. The fourth-order valence-electron chi connectivity index (χ4n) is 6.31. The van der Waals surface area contributed by atoms with Crippen molar-refractivity contribution >= 4 is 5.91 Å². The molecular formula is C22H32N2O. The van der Waals surface area contributed by atoms with Crippen molar-refractivity contribution < 1.29 is 4.79 Å². The lowest BCUT2D eigenvalue weighted by Gasteiger charge is -2.61. The van der Waals surface area contributed by atoms with Crippen LogP contribution in [-0.2, 0) is 10.2 Å². The van der Waals surface area contributed by atoms with E-state index in [-0.39, 0.29) is 10.8 Å². The maximum Gasteiger partial charge on any atom is 0.226 e. The monoisotopic (exact) mass is 340 g/mol. The van der Waals surface area contributed by atoms with Gasteiger partial charge in [-0.15, -0.1) is 0 Å². The summed E-state index contributed by atoms with van der Waals surface area (Å²) >= 11 is 0. The van der Waals surface area contributed by atoms with Gasteiger partial charge in [-0.05, 0) is 82.2 Å². The Morgan fingerprint density at radius 1 is 1.16 bits per heavy atom. The highest BCUT2D eigenvalue weighted by molar-refractivity contribution is 5.83. The highest BCUT2D eigenvalue weighted by Crippen LogP contribution is 2.65. The van der Waals surface area contributed by atoms with Crippen molar-refractivity contribution in [3.8, 4) is 0 Å². The van der Waals surface area contributed by atoms with Gasteiger partial charge in [0.2, 0.25) is 5.91 Å². The van der Waals surface area contributed by atoms with E-state index in [2.05, 4.69) is 48.7 Å². The molecule has 1 amide bonds.